The van der Waals surface area contributed by atoms with Gasteiger partial charge in [0.25, 0.3) is 0 Å². The predicted molar refractivity (Wildman–Crippen MR) is 75.9 cm³/mol. The summed E-state index contributed by atoms with van der Waals surface area (Å²) in [4.78, 5) is 2.57. The van der Waals surface area contributed by atoms with Crippen LogP contribution in [0.25, 0.3) is 0 Å². The number of hydrogen-bond donors (Lipinski definition) is 1. The number of rotatable bonds is 3. The van der Waals surface area contributed by atoms with E-state index in [0.29, 0.717) is 0 Å². The molecule has 0 radical (unpaired) electrons. The third kappa shape index (κ3) is 2.71. The number of thiophene rings is 1. The van der Waals surface area contributed by atoms with E-state index in [1.165, 1.54) is 9.75 Å². The lowest BCUT2D eigenvalue weighted by molar-refractivity contribution is 0.893. The van der Waals surface area contributed by atoms with Crippen molar-refractivity contribution in [2.45, 2.75) is 26.3 Å². The molecule has 0 bridgehead atoms. The first-order valence-corrected chi connectivity index (χ1v) is 6.91. The van der Waals surface area contributed by atoms with Crippen LogP contribution in [-0.4, -0.2) is 0 Å². The topological polar surface area (TPSA) is 26.0 Å². The first kappa shape index (κ1) is 12.6. The first-order chi connectivity index (χ1) is 8.11. The molecule has 0 aliphatic heterocycles. The van der Waals surface area contributed by atoms with E-state index in [1.54, 1.807) is 11.3 Å². The van der Waals surface area contributed by atoms with E-state index in [4.69, 9.17) is 17.3 Å². The van der Waals surface area contributed by atoms with Crippen LogP contribution >= 0.6 is 22.9 Å². The monoisotopic (exact) mass is 265 g/mol. The van der Waals surface area contributed by atoms with Gasteiger partial charge in [0.1, 0.15) is 0 Å². The summed E-state index contributed by atoms with van der Waals surface area (Å²) in [6, 6.07) is 10.2. The molecule has 1 aromatic heterocycles. The predicted octanol–water partition coefficient (Wildman–Crippen LogP) is 4.32. The Labute approximate surface area is 111 Å². The second kappa shape index (κ2) is 5.21. The Balaban J connectivity index is 2.29. The Morgan fingerprint density at radius 1 is 1.29 bits per heavy atom. The molecule has 0 aliphatic rings. The molecular weight excluding hydrogens is 250 g/mol. The summed E-state index contributed by atoms with van der Waals surface area (Å²) in [5.41, 5.74) is 8.42. The average molecular weight is 266 g/mol. The molecule has 2 aromatic rings. The Hall–Kier alpha value is -0.830. The molecular formula is C14H16ClNS. The first-order valence-electron chi connectivity index (χ1n) is 5.72. The normalized spacial score (nSPS) is 12.7. The molecule has 0 aliphatic carbocycles. The SMILES string of the molecule is CCc1ccc(C(N)c2ccc(C)c(Cl)c2)s1. The van der Waals surface area contributed by atoms with Crippen molar-refractivity contribution in [1.82, 2.24) is 0 Å². The Bertz CT molecular complexity index is 519. The minimum atomic E-state index is -0.0709. The summed E-state index contributed by atoms with van der Waals surface area (Å²) >= 11 is 7.90. The summed E-state index contributed by atoms with van der Waals surface area (Å²) in [6.07, 6.45) is 1.06. The lowest BCUT2D eigenvalue weighted by Crippen LogP contribution is -2.10. The van der Waals surface area contributed by atoms with Crippen LogP contribution < -0.4 is 5.73 Å². The third-order valence-electron chi connectivity index (χ3n) is 2.89. The standard InChI is InChI=1S/C14H16ClNS/c1-3-11-6-7-13(17-11)14(16)10-5-4-9(2)12(15)8-10/h4-8,14H,3,16H2,1-2H3. The van der Waals surface area contributed by atoms with Gasteiger partial charge in [0, 0.05) is 14.8 Å². The number of hydrogen-bond acceptors (Lipinski definition) is 2. The maximum Gasteiger partial charge on any atom is 0.0646 e. The fraction of sp³-hybridized carbons (Fsp3) is 0.286. The fourth-order valence-corrected chi connectivity index (χ4v) is 2.89. The Morgan fingerprint density at radius 3 is 2.65 bits per heavy atom. The number of nitrogens with two attached hydrogens (primary N) is 1. The van der Waals surface area contributed by atoms with Gasteiger partial charge >= 0.3 is 0 Å². The summed E-state index contributed by atoms with van der Waals surface area (Å²) < 4.78 is 0. The van der Waals surface area contributed by atoms with Gasteiger partial charge in [0.15, 0.2) is 0 Å². The van der Waals surface area contributed by atoms with E-state index >= 15 is 0 Å². The van der Waals surface area contributed by atoms with Crippen LogP contribution in [0.1, 0.15) is 33.8 Å². The zero-order chi connectivity index (χ0) is 12.4. The summed E-state index contributed by atoms with van der Waals surface area (Å²) in [5.74, 6) is 0. The molecule has 1 unspecified atom stereocenters. The third-order valence-corrected chi connectivity index (χ3v) is 4.61. The van der Waals surface area contributed by atoms with E-state index in [1.807, 2.05) is 19.1 Å². The molecule has 0 amide bonds. The second-order valence-corrected chi connectivity index (χ2v) is 5.75. The lowest BCUT2D eigenvalue weighted by atomic mass is 10.0. The molecule has 0 fully saturated rings. The maximum atomic E-state index is 6.26. The van der Waals surface area contributed by atoms with Crippen molar-refractivity contribution in [2.24, 2.45) is 5.73 Å². The quantitative estimate of drug-likeness (QED) is 0.879. The van der Waals surface area contributed by atoms with Gasteiger partial charge < -0.3 is 5.73 Å². The van der Waals surface area contributed by atoms with E-state index in [2.05, 4.69) is 25.1 Å². The number of halogens is 1. The summed E-state index contributed by atoms with van der Waals surface area (Å²) in [7, 11) is 0. The molecule has 90 valence electrons. The molecule has 17 heavy (non-hydrogen) atoms. The van der Waals surface area contributed by atoms with E-state index < -0.39 is 0 Å². The highest BCUT2D eigenvalue weighted by atomic mass is 35.5. The van der Waals surface area contributed by atoms with Crippen LogP contribution in [0.2, 0.25) is 5.02 Å². The molecule has 3 heteroatoms. The van der Waals surface area contributed by atoms with E-state index in [-0.39, 0.29) is 6.04 Å². The van der Waals surface area contributed by atoms with Crippen LogP contribution in [-0.2, 0) is 6.42 Å². The minimum absolute atomic E-state index is 0.0709. The fourth-order valence-electron chi connectivity index (χ4n) is 1.72. The van der Waals surface area contributed by atoms with Gasteiger partial charge in [0.05, 0.1) is 6.04 Å². The van der Waals surface area contributed by atoms with E-state index in [0.717, 1.165) is 22.6 Å². The van der Waals surface area contributed by atoms with Crippen LogP contribution in [0.3, 0.4) is 0 Å². The molecule has 1 atom stereocenters. The number of aryl methyl sites for hydroxylation is 2. The van der Waals surface area contributed by atoms with Crippen molar-refractivity contribution in [3.05, 3.63) is 56.2 Å². The molecule has 0 saturated carbocycles. The van der Waals surface area contributed by atoms with Crippen LogP contribution in [0, 0.1) is 6.92 Å². The van der Waals surface area contributed by atoms with Crippen molar-refractivity contribution in [3.63, 3.8) is 0 Å². The molecule has 1 nitrogen and oxygen atoms in total. The minimum Gasteiger partial charge on any atom is -0.320 e. The number of benzene rings is 1. The van der Waals surface area contributed by atoms with Crippen LogP contribution in [0.4, 0.5) is 0 Å². The van der Waals surface area contributed by atoms with Crippen molar-refractivity contribution in [2.75, 3.05) is 0 Å². The van der Waals surface area contributed by atoms with Gasteiger partial charge in [-0.05, 0) is 42.7 Å². The molecule has 1 heterocycles. The average Bonchev–Trinajstić information content (AvgIpc) is 2.80. The van der Waals surface area contributed by atoms with Crippen molar-refractivity contribution in [1.29, 1.82) is 0 Å². The highest BCUT2D eigenvalue weighted by molar-refractivity contribution is 7.12. The molecule has 0 spiro atoms. The summed E-state index contributed by atoms with van der Waals surface area (Å²) in [5, 5.41) is 0.783. The van der Waals surface area contributed by atoms with Crippen molar-refractivity contribution in [3.8, 4) is 0 Å². The van der Waals surface area contributed by atoms with Crippen molar-refractivity contribution >= 4 is 22.9 Å². The smallest absolute Gasteiger partial charge is 0.0646 e. The zero-order valence-electron chi connectivity index (χ0n) is 10.0. The Kier molecular flexibility index (Phi) is 3.87. The maximum absolute atomic E-state index is 6.26. The molecule has 2 rings (SSSR count). The highest BCUT2D eigenvalue weighted by Gasteiger charge is 2.12. The Morgan fingerprint density at radius 2 is 2.06 bits per heavy atom. The van der Waals surface area contributed by atoms with E-state index in [9.17, 15) is 0 Å². The van der Waals surface area contributed by atoms with Gasteiger partial charge in [-0.25, -0.2) is 0 Å². The van der Waals surface area contributed by atoms with Crippen LogP contribution in [0.15, 0.2) is 30.3 Å². The van der Waals surface area contributed by atoms with Crippen LogP contribution in [0.5, 0.6) is 0 Å². The molecule has 0 saturated heterocycles. The van der Waals surface area contributed by atoms with Gasteiger partial charge in [0.2, 0.25) is 0 Å². The van der Waals surface area contributed by atoms with Gasteiger partial charge in [-0.15, -0.1) is 11.3 Å². The highest BCUT2D eigenvalue weighted by Crippen LogP contribution is 2.29. The second-order valence-electron chi connectivity index (χ2n) is 4.14. The van der Waals surface area contributed by atoms with Gasteiger partial charge in [-0.1, -0.05) is 30.7 Å². The van der Waals surface area contributed by atoms with Gasteiger partial charge in [-0.3, -0.25) is 0 Å². The van der Waals surface area contributed by atoms with Crippen molar-refractivity contribution < 1.29 is 0 Å². The zero-order valence-corrected chi connectivity index (χ0v) is 11.6. The largest absolute Gasteiger partial charge is 0.320 e. The lowest BCUT2D eigenvalue weighted by Gasteiger charge is -2.11. The molecule has 2 N–H and O–H groups in total. The summed E-state index contributed by atoms with van der Waals surface area (Å²) in [6.45, 7) is 4.15. The molecule has 1 aromatic carbocycles. The van der Waals surface area contributed by atoms with Gasteiger partial charge in [-0.2, -0.15) is 0 Å².